The highest BCUT2D eigenvalue weighted by Crippen LogP contribution is 2.30. The summed E-state index contributed by atoms with van der Waals surface area (Å²) in [5.74, 6) is 0.178. The summed E-state index contributed by atoms with van der Waals surface area (Å²) in [7, 11) is 0. The standard InChI is InChI=1S/C18H16N2O/c1-2-13-5-7-14(8-6-13)12-20-16-9-10-17(21)18-15(16)4-3-11-19-18/h3-12,21H,2H2,1H3. The van der Waals surface area contributed by atoms with Crippen LogP contribution >= 0.6 is 0 Å². The van der Waals surface area contributed by atoms with Crippen LogP contribution in [-0.2, 0) is 6.42 Å². The Hall–Kier alpha value is -2.68. The van der Waals surface area contributed by atoms with Gasteiger partial charge in [0.15, 0.2) is 0 Å². The van der Waals surface area contributed by atoms with Crippen LogP contribution in [0.15, 0.2) is 59.7 Å². The van der Waals surface area contributed by atoms with E-state index in [9.17, 15) is 5.11 Å². The molecule has 2 aromatic carbocycles. The van der Waals surface area contributed by atoms with E-state index >= 15 is 0 Å². The second-order valence-electron chi connectivity index (χ2n) is 4.86. The maximum atomic E-state index is 9.82. The molecule has 1 aromatic heterocycles. The van der Waals surface area contributed by atoms with Crippen molar-refractivity contribution >= 4 is 22.8 Å². The third-order valence-electron chi connectivity index (χ3n) is 3.47. The number of phenols is 1. The number of aryl methyl sites for hydroxylation is 1. The van der Waals surface area contributed by atoms with Crippen molar-refractivity contribution in [1.82, 2.24) is 4.98 Å². The lowest BCUT2D eigenvalue weighted by Gasteiger charge is -2.03. The molecule has 104 valence electrons. The van der Waals surface area contributed by atoms with Gasteiger partial charge in [-0.25, -0.2) is 0 Å². The summed E-state index contributed by atoms with van der Waals surface area (Å²) in [6.07, 6.45) is 4.53. The Morgan fingerprint density at radius 3 is 2.67 bits per heavy atom. The summed E-state index contributed by atoms with van der Waals surface area (Å²) in [6.45, 7) is 2.14. The van der Waals surface area contributed by atoms with Gasteiger partial charge in [-0.2, -0.15) is 0 Å². The maximum Gasteiger partial charge on any atom is 0.141 e. The summed E-state index contributed by atoms with van der Waals surface area (Å²) < 4.78 is 0. The van der Waals surface area contributed by atoms with Crippen LogP contribution in [0.2, 0.25) is 0 Å². The van der Waals surface area contributed by atoms with Gasteiger partial charge in [-0.05, 0) is 41.8 Å². The van der Waals surface area contributed by atoms with Crippen LogP contribution in [0.4, 0.5) is 5.69 Å². The molecule has 0 fully saturated rings. The largest absolute Gasteiger partial charge is 0.506 e. The minimum atomic E-state index is 0.178. The molecule has 0 saturated carbocycles. The predicted molar refractivity (Wildman–Crippen MR) is 86.5 cm³/mol. The minimum Gasteiger partial charge on any atom is -0.506 e. The SMILES string of the molecule is CCc1ccc(C=Nc2ccc(O)c3ncccc23)cc1. The molecule has 0 amide bonds. The van der Waals surface area contributed by atoms with Gasteiger partial charge in [-0.3, -0.25) is 9.98 Å². The number of rotatable bonds is 3. The Balaban J connectivity index is 1.97. The molecule has 0 aliphatic carbocycles. The molecule has 0 atom stereocenters. The number of phenolic OH excluding ortho intramolecular Hbond substituents is 1. The molecule has 21 heavy (non-hydrogen) atoms. The van der Waals surface area contributed by atoms with Gasteiger partial charge in [-0.15, -0.1) is 0 Å². The fraction of sp³-hybridized carbons (Fsp3) is 0.111. The Kier molecular flexibility index (Phi) is 3.65. The van der Waals surface area contributed by atoms with Crippen molar-refractivity contribution in [2.75, 3.05) is 0 Å². The number of pyridine rings is 1. The summed E-state index contributed by atoms with van der Waals surface area (Å²) in [5.41, 5.74) is 3.74. The lowest BCUT2D eigenvalue weighted by atomic mass is 10.1. The zero-order valence-corrected chi connectivity index (χ0v) is 11.8. The third-order valence-corrected chi connectivity index (χ3v) is 3.47. The van der Waals surface area contributed by atoms with Crippen molar-refractivity contribution in [3.05, 3.63) is 65.9 Å². The highest BCUT2D eigenvalue weighted by molar-refractivity contribution is 5.96. The number of nitrogens with zero attached hydrogens (tertiary/aromatic N) is 2. The topological polar surface area (TPSA) is 45.5 Å². The van der Waals surface area contributed by atoms with Gasteiger partial charge in [0.25, 0.3) is 0 Å². The van der Waals surface area contributed by atoms with E-state index < -0.39 is 0 Å². The molecular weight excluding hydrogens is 260 g/mol. The minimum absolute atomic E-state index is 0.178. The number of aromatic hydroxyl groups is 1. The zero-order valence-electron chi connectivity index (χ0n) is 11.8. The van der Waals surface area contributed by atoms with Gasteiger partial charge in [0.05, 0.1) is 5.69 Å². The average Bonchev–Trinajstić information content (AvgIpc) is 2.55. The normalized spacial score (nSPS) is 11.3. The number of benzene rings is 2. The van der Waals surface area contributed by atoms with Crippen LogP contribution in [0.5, 0.6) is 5.75 Å². The fourth-order valence-electron chi connectivity index (χ4n) is 2.24. The quantitative estimate of drug-likeness (QED) is 0.727. The molecule has 0 spiro atoms. The lowest BCUT2D eigenvalue weighted by Crippen LogP contribution is -1.84. The number of hydrogen-bond acceptors (Lipinski definition) is 3. The molecule has 3 heteroatoms. The lowest BCUT2D eigenvalue weighted by molar-refractivity contribution is 0.480. The number of fused-ring (bicyclic) bond motifs is 1. The van der Waals surface area contributed by atoms with Crippen molar-refractivity contribution in [2.45, 2.75) is 13.3 Å². The molecule has 0 aliphatic rings. The number of aliphatic imine (C=N–C) groups is 1. The first-order chi connectivity index (χ1) is 10.3. The highest BCUT2D eigenvalue weighted by atomic mass is 16.3. The Morgan fingerprint density at radius 2 is 1.90 bits per heavy atom. The van der Waals surface area contributed by atoms with Crippen molar-refractivity contribution in [2.24, 2.45) is 4.99 Å². The van der Waals surface area contributed by atoms with Gasteiger partial charge >= 0.3 is 0 Å². The Labute approximate surface area is 123 Å². The number of hydrogen-bond donors (Lipinski definition) is 1. The first-order valence-corrected chi connectivity index (χ1v) is 6.97. The molecular formula is C18H16N2O. The Bertz CT molecular complexity index is 792. The van der Waals surface area contributed by atoms with Gasteiger partial charge in [-0.1, -0.05) is 31.2 Å². The number of aromatic nitrogens is 1. The zero-order chi connectivity index (χ0) is 14.7. The summed E-state index contributed by atoms with van der Waals surface area (Å²) in [4.78, 5) is 8.72. The van der Waals surface area contributed by atoms with E-state index in [1.165, 1.54) is 5.56 Å². The smallest absolute Gasteiger partial charge is 0.141 e. The molecule has 1 N–H and O–H groups in total. The third kappa shape index (κ3) is 2.77. The van der Waals surface area contributed by atoms with E-state index in [-0.39, 0.29) is 5.75 Å². The van der Waals surface area contributed by atoms with Crippen LogP contribution in [0.25, 0.3) is 10.9 Å². The van der Waals surface area contributed by atoms with E-state index in [1.807, 2.05) is 18.3 Å². The van der Waals surface area contributed by atoms with Crippen LogP contribution in [0, 0.1) is 0 Å². The second kappa shape index (κ2) is 5.75. The summed E-state index contributed by atoms with van der Waals surface area (Å²) in [5, 5.41) is 10.7. The second-order valence-corrected chi connectivity index (χ2v) is 4.86. The van der Waals surface area contributed by atoms with Gasteiger partial charge in [0, 0.05) is 17.8 Å². The van der Waals surface area contributed by atoms with Crippen molar-refractivity contribution in [3.8, 4) is 5.75 Å². The summed E-state index contributed by atoms with van der Waals surface area (Å²) >= 11 is 0. The van der Waals surface area contributed by atoms with E-state index in [0.29, 0.717) is 5.52 Å². The Morgan fingerprint density at radius 1 is 1.10 bits per heavy atom. The molecule has 0 bridgehead atoms. The molecule has 0 aliphatic heterocycles. The van der Waals surface area contributed by atoms with E-state index in [1.54, 1.807) is 18.3 Å². The van der Waals surface area contributed by atoms with Crippen molar-refractivity contribution < 1.29 is 5.11 Å². The van der Waals surface area contributed by atoms with Gasteiger partial charge in [0.1, 0.15) is 11.3 Å². The van der Waals surface area contributed by atoms with Crippen LogP contribution < -0.4 is 0 Å². The molecule has 3 rings (SSSR count). The molecule has 3 aromatic rings. The maximum absolute atomic E-state index is 9.82. The van der Waals surface area contributed by atoms with Gasteiger partial charge in [0.2, 0.25) is 0 Å². The predicted octanol–water partition coefficient (Wildman–Crippen LogP) is 4.25. The highest BCUT2D eigenvalue weighted by Gasteiger charge is 2.04. The molecule has 1 heterocycles. The average molecular weight is 276 g/mol. The first kappa shape index (κ1) is 13.3. The van der Waals surface area contributed by atoms with E-state index in [2.05, 4.69) is 41.2 Å². The van der Waals surface area contributed by atoms with Crippen molar-refractivity contribution in [1.29, 1.82) is 0 Å². The fourth-order valence-corrected chi connectivity index (χ4v) is 2.24. The van der Waals surface area contributed by atoms with E-state index in [4.69, 9.17) is 0 Å². The molecule has 0 unspecified atom stereocenters. The van der Waals surface area contributed by atoms with Crippen LogP contribution in [-0.4, -0.2) is 16.3 Å². The van der Waals surface area contributed by atoms with Crippen LogP contribution in [0.1, 0.15) is 18.1 Å². The van der Waals surface area contributed by atoms with Crippen LogP contribution in [0.3, 0.4) is 0 Å². The monoisotopic (exact) mass is 276 g/mol. The van der Waals surface area contributed by atoms with E-state index in [0.717, 1.165) is 23.1 Å². The molecule has 0 radical (unpaired) electrons. The first-order valence-electron chi connectivity index (χ1n) is 6.97. The summed E-state index contributed by atoms with van der Waals surface area (Å²) in [6, 6.07) is 15.5. The van der Waals surface area contributed by atoms with Gasteiger partial charge < -0.3 is 5.11 Å². The molecule has 3 nitrogen and oxygen atoms in total. The molecule has 0 saturated heterocycles. The van der Waals surface area contributed by atoms with Crippen molar-refractivity contribution in [3.63, 3.8) is 0 Å².